The van der Waals surface area contributed by atoms with Gasteiger partial charge in [0.25, 0.3) is 5.91 Å². The maximum atomic E-state index is 11.5. The van der Waals surface area contributed by atoms with Crippen LogP contribution in [0.15, 0.2) is 17.2 Å². The number of nitrogens with zero attached hydrogens (tertiary/aromatic N) is 2. The minimum Gasteiger partial charge on any atom is -0.282 e. The van der Waals surface area contributed by atoms with Gasteiger partial charge in [-0.2, -0.15) is 0 Å². The molecule has 2 heterocycles. The number of hydrogen-bond acceptors (Lipinski definition) is 4. The van der Waals surface area contributed by atoms with Crippen molar-refractivity contribution in [2.75, 3.05) is 7.05 Å². The van der Waals surface area contributed by atoms with Crippen LogP contribution in [0, 0.1) is 0 Å². The van der Waals surface area contributed by atoms with Crippen molar-refractivity contribution < 1.29 is 9.59 Å². The Morgan fingerprint density at radius 1 is 1.57 bits per heavy atom. The Labute approximate surface area is 84.9 Å². The molecule has 4 nitrogen and oxygen atoms in total. The van der Waals surface area contributed by atoms with Crippen LogP contribution in [0.3, 0.4) is 0 Å². The Morgan fingerprint density at radius 3 is 2.86 bits per heavy atom. The standard InChI is InChI=1S/C9H8N2O2S/c1-11-8(12)5-6(9(11)13)4-7-10-2-3-14-7/h2-4H,5H2,1H3/b6-4+. The first-order valence-electron chi connectivity index (χ1n) is 4.09. The molecule has 0 unspecified atom stereocenters. The molecule has 1 aliphatic heterocycles. The highest BCUT2D eigenvalue weighted by atomic mass is 32.1. The lowest BCUT2D eigenvalue weighted by Gasteiger charge is -2.02. The predicted octanol–water partition coefficient (Wildman–Crippen LogP) is 0.915. The van der Waals surface area contributed by atoms with Gasteiger partial charge >= 0.3 is 0 Å². The molecule has 5 heteroatoms. The Hall–Kier alpha value is -1.49. The molecule has 1 aromatic heterocycles. The number of thiazole rings is 1. The van der Waals surface area contributed by atoms with Crippen molar-refractivity contribution in [3.63, 3.8) is 0 Å². The number of likely N-dealkylation sites (N-methyl/N-ethyl adjacent to an activating group) is 1. The summed E-state index contributed by atoms with van der Waals surface area (Å²) in [5, 5.41) is 2.59. The number of hydrogen-bond donors (Lipinski definition) is 0. The second kappa shape index (κ2) is 3.34. The van der Waals surface area contributed by atoms with Crippen molar-refractivity contribution >= 4 is 29.2 Å². The van der Waals surface area contributed by atoms with E-state index in [2.05, 4.69) is 4.98 Å². The van der Waals surface area contributed by atoms with Crippen molar-refractivity contribution in [1.82, 2.24) is 9.88 Å². The smallest absolute Gasteiger partial charge is 0.256 e. The fourth-order valence-corrected chi connectivity index (χ4v) is 1.85. The van der Waals surface area contributed by atoms with E-state index in [0.29, 0.717) is 5.57 Å². The number of carbonyl (C=O) groups excluding carboxylic acids is 2. The Morgan fingerprint density at radius 2 is 2.36 bits per heavy atom. The average molecular weight is 208 g/mol. The molecule has 0 aliphatic carbocycles. The quantitative estimate of drug-likeness (QED) is 0.509. The van der Waals surface area contributed by atoms with Gasteiger partial charge in [-0.1, -0.05) is 0 Å². The topological polar surface area (TPSA) is 50.3 Å². The summed E-state index contributed by atoms with van der Waals surface area (Å²) in [6.07, 6.45) is 3.53. The van der Waals surface area contributed by atoms with E-state index >= 15 is 0 Å². The molecular weight excluding hydrogens is 200 g/mol. The van der Waals surface area contributed by atoms with Gasteiger partial charge in [-0.05, 0) is 6.08 Å². The molecule has 0 radical (unpaired) electrons. The lowest BCUT2D eigenvalue weighted by atomic mass is 10.2. The normalized spacial score (nSPS) is 19.8. The van der Waals surface area contributed by atoms with Gasteiger partial charge < -0.3 is 0 Å². The monoisotopic (exact) mass is 208 g/mol. The molecule has 2 rings (SSSR count). The summed E-state index contributed by atoms with van der Waals surface area (Å²) in [4.78, 5) is 27.8. The second-order valence-corrected chi connectivity index (χ2v) is 3.90. The molecule has 1 fully saturated rings. The van der Waals surface area contributed by atoms with Crippen LogP contribution >= 0.6 is 11.3 Å². The minimum absolute atomic E-state index is 0.155. The third-order valence-corrected chi connectivity index (χ3v) is 2.77. The third kappa shape index (κ3) is 1.46. The zero-order valence-corrected chi connectivity index (χ0v) is 8.37. The molecule has 14 heavy (non-hydrogen) atoms. The van der Waals surface area contributed by atoms with Gasteiger partial charge in [-0.15, -0.1) is 11.3 Å². The largest absolute Gasteiger partial charge is 0.282 e. The molecule has 0 bridgehead atoms. The summed E-state index contributed by atoms with van der Waals surface area (Å²) in [5.41, 5.74) is 0.521. The van der Waals surface area contributed by atoms with Crippen LogP contribution in [0.25, 0.3) is 6.08 Å². The molecule has 0 spiro atoms. The van der Waals surface area contributed by atoms with Gasteiger partial charge in [0, 0.05) is 24.2 Å². The van der Waals surface area contributed by atoms with Gasteiger partial charge in [0.2, 0.25) is 5.91 Å². The summed E-state index contributed by atoms with van der Waals surface area (Å²) < 4.78 is 0. The van der Waals surface area contributed by atoms with E-state index in [9.17, 15) is 9.59 Å². The van der Waals surface area contributed by atoms with Crippen molar-refractivity contribution in [3.8, 4) is 0 Å². The van der Waals surface area contributed by atoms with Crippen LogP contribution in [0.2, 0.25) is 0 Å². The first-order chi connectivity index (χ1) is 6.68. The van der Waals surface area contributed by atoms with Gasteiger partial charge in [0.15, 0.2) is 0 Å². The molecule has 72 valence electrons. The molecular formula is C9H8N2O2S. The fourth-order valence-electron chi connectivity index (χ4n) is 1.25. The Kier molecular flexibility index (Phi) is 2.17. The molecule has 0 atom stereocenters. The third-order valence-electron chi connectivity index (χ3n) is 2.04. The first kappa shape index (κ1) is 9.08. The fraction of sp³-hybridized carbons (Fsp3) is 0.222. The number of amides is 2. The van der Waals surface area contributed by atoms with Crippen LogP contribution in [-0.4, -0.2) is 28.7 Å². The maximum Gasteiger partial charge on any atom is 0.256 e. The van der Waals surface area contributed by atoms with Crippen molar-refractivity contribution in [1.29, 1.82) is 0 Å². The summed E-state index contributed by atoms with van der Waals surface area (Å²) in [7, 11) is 1.49. The molecule has 1 saturated heterocycles. The number of aromatic nitrogens is 1. The Balaban J connectivity index is 2.29. The van der Waals surface area contributed by atoms with Gasteiger partial charge in [-0.25, -0.2) is 4.98 Å². The van der Waals surface area contributed by atoms with E-state index in [-0.39, 0.29) is 18.2 Å². The zero-order valence-electron chi connectivity index (χ0n) is 7.56. The van der Waals surface area contributed by atoms with Crippen LogP contribution in [0.5, 0.6) is 0 Å². The number of rotatable bonds is 1. The lowest BCUT2D eigenvalue weighted by molar-refractivity contribution is -0.135. The van der Waals surface area contributed by atoms with Crippen molar-refractivity contribution in [2.24, 2.45) is 0 Å². The summed E-state index contributed by atoms with van der Waals surface area (Å²) in [6, 6.07) is 0. The van der Waals surface area contributed by atoms with Crippen molar-refractivity contribution in [2.45, 2.75) is 6.42 Å². The highest BCUT2D eigenvalue weighted by molar-refractivity contribution is 7.10. The summed E-state index contributed by atoms with van der Waals surface area (Å²) in [5.74, 6) is -0.372. The first-order valence-corrected chi connectivity index (χ1v) is 4.97. The average Bonchev–Trinajstić information content (AvgIpc) is 2.73. The molecule has 0 saturated carbocycles. The number of likely N-dealkylation sites (tertiary alicyclic amines) is 1. The van der Waals surface area contributed by atoms with Crippen molar-refractivity contribution in [3.05, 3.63) is 22.2 Å². The lowest BCUT2D eigenvalue weighted by Crippen LogP contribution is -2.23. The van der Waals surface area contributed by atoms with E-state index in [1.807, 2.05) is 5.38 Å². The number of imide groups is 1. The minimum atomic E-state index is -0.217. The molecule has 0 N–H and O–H groups in total. The zero-order chi connectivity index (χ0) is 10.1. The molecule has 2 amide bonds. The highest BCUT2D eigenvalue weighted by Crippen LogP contribution is 2.20. The SMILES string of the molecule is CN1C(=O)C/C(=C\c2nccs2)C1=O. The van der Waals surface area contributed by atoms with Gasteiger partial charge in [0.1, 0.15) is 5.01 Å². The van der Waals surface area contributed by atoms with Crippen LogP contribution < -0.4 is 0 Å². The molecule has 1 aromatic rings. The van der Waals surface area contributed by atoms with E-state index in [0.717, 1.165) is 9.91 Å². The predicted molar refractivity (Wildman–Crippen MR) is 52.5 cm³/mol. The van der Waals surface area contributed by atoms with Gasteiger partial charge in [-0.3, -0.25) is 14.5 Å². The second-order valence-electron chi connectivity index (χ2n) is 2.97. The Bertz CT molecular complexity index is 408. The molecule has 0 aromatic carbocycles. The summed E-state index contributed by atoms with van der Waals surface area (Å²) in [6.45, 7) is 0. The van der Waals surface area contributed by atoms with E-state index < -0.39 is 0 Å². The molecule has 1 aliphatic rings. The van der Waals surface area contributed by atoms with E-state index in [1.54, 1.807) is 12.3 Å². The number of carbonyl (C=O) groups is 2. The van der Waals surface area contributed by atoms with Crippen LogP contribution in [0.4, 0.5) is 0 Å². The highest BCUT2D eigenvalue weighted by Gasteiger charge is 2.30. The summed E-state index contributed by atoms with van der Waals surface area (Å²) >= 11 is 1.44. The van der Waals surface area contributed by atoms with E-state index in [4.69, 9.17) is 0 Å². The van der Waals surface area contributed by atoms with Crippen LogP contribution in [-0.2, 0) is 9.59 Å². The van der Waals surface area contributed by atoms with Crippen LogP contribution in [0.1, 0.15) is 11.4 Å². The maximum absolute atomic E-state index is 11.5. The van der Waals surface area contributed by atoms with Gasteiger partial charge in [0.05, 0.1) is 6.42 Å². The van der Waals surface area contributed by atoms with E-state index in [1.165, 1.54) is 18.4 Å².